The van der Waals surface area contributed by atoms with Crippen molar-refractivity contribution in [3.63, 3.8) is 0 Å². The van der Waals surface area contributed by atoms with Crippen molar-refractivity contribution < 1.29 is 4.39 Å². The van der Waals surface area contributed by atoms with Gasteiger partial charge in [-0.3, -0.25) is 4.68 Å². The number of halogens is 2. The maximum absolute atomic E-state index is 13.7. The highest BCUT2D eigenvalue weighted by molar-refractivity contribution is 9.10. The van der Waals surface area contributed by atoms with Crippen molar-refractivity contribution in [2.24, 2.45) is 0 Å². The molecular formula is C12H12BrFN2. The molecule has 84 valence electrons. The highest BCUT2D eigenvalue weighted by atomic mass is 79.9. The summed E-state index contributed by atoms with van der Waals surface area (Å²) in [5.74, 6) is -0.224. The van der Waals surface area contributed by atoms with E-state index in [1.165, 1.54) is 6.07 Å². The number of aromatic nitrogens is 2. The second-order valence-electron chi connectivity index (χ2n) is 3.54. The third-order valence-electron chi connectivity index (χ3n) is 2.48. The van der Waals surface area contributed by atoms with Crippen LogP contribution in [0, 0.1) is 12.7 Å². The van der Waals surface area contributed by atoms with E-state index in [0.29, 0.717) is 5.56 Å². The molecule has 0 unspecified atom stereocenters. The second kappa shape index (κ2) is 4.37. The fourth-order valence-electron chi connectivity index (χ4n) is 1.70. The van der Waals surface area contributed by atoms with Gasteiger partial charge in [0.05, 0.1) is 15.9 Å². The lowest BCUT2D eigenvalue weighted by molar-refractivity contribution is 0.620. The van der Waals surface area contributed by atoms with Crippen LogP contribution in [0.1, 0.15) is 12.6 Å². The molecule has 2 rings (SSSR count). The summed E-state index contributed by atoms with van der Waals surface area (Å²) in [7, 11) is 0. The van der Waals surface area contributed by atoms with Gasteiger partial charge in [0.15, 0.2) is 0 Å². The molecule has 0 N–H and O–H groups in total. The number of hydrogen-bond donors (Lipinski definition) is 0. The van der Waals surface area contributed by atoms with Crippen LogP contribution in [-0.2, 0) is 6.54 Å². The fourth-order valence-corrected chi connectivity index (χ4v) is 2.20. The van der Waals surface area contributed by atoms with Gasteiger partial charge >= 0.3 is 0 Å². The van der Waals surface area contributed by atoms with Crippen molar-refractivity contribution in [3.05, 3.63) is 40.2 Å². The van der Waals surface area contributed by atoms with Gasteiger partial charge < -0.3 is 0 Å². The smallest absolute Gasteiger partial charge is 0.132 e. The molecule has 0 bridgehead atoms. The summed E-state index contributed by atoms with van der Waals surface area (Å²) >= 11 is 3.46. The van der Waals surface area contributed by atoms with Gasteiger partial charge in [-0.05, 0) is 41.9 Å². The molecule has 0 aliphatic carbocycles. The molecule has 0 aliphatic heterocycles. The summed E-state index contributed by atoms with van der Waals surface area (Å²) in [5, 5.41) is 4.35. The van der Waals surface area contributed by atoms with Gasteiger partial charge in [0.2, 0.25) is 0 Å². The van der Waals surface area contributed by atoms with E-state index in [-0.39, 0.29) is 5.82 Å². The molecule has 0 atom stereocenters. The van der Waals surface area contributed by atoms with Crippen molar-refractivity contribution in [3.8, 4) is 11.3 Å². The Morgan fingerprint density at radius 1 is 1.38 bits per heavy atom. The normalized spacial score (nSPS) is 10.8. The minimum absolute atomic E-state index is 0.224. The average molecular weight is 283 g/mol. The zero-order valence-corrected chi connectivity index (χ0v) is 10.8. The van der Waals surface area contributed by atoms with E-state index >= 15 is 0 Å². The van der Waals surface area contributed by atoms with Crippen molar-refractivity contribution >= 4 is 15.9 Å². The van der Waals surface area contributed by atoms with Crippen LogP contribution in [0.4, 0.5) is 4.39 Å². The molecule has 1 aromatic carbocycles. The maximum Gasteiger partial charge on any atom is 0.132 e. The van der Waals surface area contributed by atoms with Gasteiger partial charge in [0, 0.05) is 12.1 Å². The summed E-state index contributed by atoms with van der Waals surface area (Å²) in [6.07, 6.45) is 0. The van der Waals surface area contributed by atoms with Crippen LogP contribution in [0.2, 0.25) is 0 Å². The Bertz CT molecular complexity index is 520. The fraction of sp³-hybridized carbons (Fsp3) is 0.250. The highest BCUT2D eigenvalue weighted by Crippen LogP contribution is 2.32. The lowest BCUT2D eigenvalue weighted by Gasteiger charge is -2.06. The zero-order valence-electron chi connectivity index (χ0n) is 9.17. The predicted octanol–water partition coefficient (Wildman–Crippen LogP) is 3.78. The lowest BCUT2D eigenvalue weighted by Crippen LogP contribution is -2.00. The van der Waals surface area contributed by atoms with Crippen molar-refractivity contribution in [1.29, 1.82) is 0 Å². The number of hydrogen-bond acceptors (Lipinski definition) is 1. The summed E-state index contributed by atoms with van der Waals surface area (Å²) in [6, 6.07) is 6.74. The minimum Gasteiger partial charge on any atom is -0.264 e. The Labute approximate surface area is 102 Å². The quantitative estimate of drug-likeness (QED) is 0.820. The monoisotopic (exact) mass is 282 g/mol. The van der Waals surface area contributed by atoms with E-state index in [9.17, 15) is 4.39 Å². The van der Waals surface area contributed by atoms with Gasteiger partial charge in [-0.25, -0.2) is 4.39 Å². The van der Waals surface area contributed by atoms with Crippen LogP contribution in [-0.4, -0.2) is 9.78 Å². The van der Waals surface area contributed by atoms with Crippen molar-refractivity contribution in [1.82, 2.24) is 9.78 Å². The molecule has 1 heterocycles. The van der Waals surface area contributed by atoms with Crippen molar-refractivity contribution in [2.45, 2.75) is 20.4 Å². The Balaban J connectivity index is 2.68. The zero-order chi connectivity index (χ0) is 11.7. The SMILES string of the molecule is CCn1nc(C)c(Br)c1-c1ccccc1F. The van der Waals surface area contributed by atoms with E-state index < -0.39 is 0 Å². The number of benzene rings is 1. The molecule has 0 saturated carbocycles. The standard InChI is InChI=1S/C12H12BrFN2/c1-3-16-12(11(13)8(2)15-16)9-6-4-5-7-10(9)14/h4-7H,3H2,1-2H3. The average Bonchev–Trinajstić information content (AvgIpc) is 2.56. The first kappa shape index (κ1) is 11.3. The molecule has 0 saturated heterocycles. The Kier molecular flexibility index (Phi) is 3.10. The molecule has 0 spiro atoms. The molecule has 16 heavy (non-hydrogen) atoms. The Morgan fingerprint density at radius 3 is 2.69 bits per heavy atom. The molecule has 0 amide bonds. The van der Waals surface area contributed by atoms with Crippen LogP contribution >= 0.6 is 15.9 Å². The third-order valence-corrected chi connectivity index (χ3v) is 3.43. The van der Waals surface area contributed by atoms with Crippen LogP contribution in [0.3, 0.4) is 0 Å². The van der Waals surface area contributed by atoms with E-state index in [0.717, 1.165) is 22.4 Å². The topological polar surface area (TPSA) is 17.8 Å². The Morgan fingerprint density at radius 2 is 2.06 bits per heavy atom. The first-order valence-electron chi connectivity index (χ1n) is 5.13. The number of aryl methyl sites for hydroxylation is 2. The maximum atomic E-state index is 13.7. The minimum atomic E-state index is -0.224. The number of rotatable bonds is 2. The highest BCUT2D eigenvalue weighted by Gasteiger charge is 2.16. The van der Waals surface area contributed by atoms with Gasteiger partial charge in [-0.15, -0.1) is 0 Å². The summed E-state index contributed by atoms with van der Waals surface area (Å²) in [4.78, 5) is 0. The molecule has 0 fully saturated rings. The van der Waals surface area contributed by atoms with Gasteiger partial charge in [0.25, 0.3) is 0 Å². The van der Waals surface area contributed by atoms with E-state index in [4.69, 9.17) is 0 Å². The third kappa shape index (κ3) is 1.78. The van der Waals surface area contributed by atoms with Gasteiger partial charge in [-0.2, -0.15) is 5.10 Å². The largest absolute Gasteiger partial charge is 0.264 e. The molecule has 0 aliphatic rings. The molecule has 2 nitrogen and oxygen atoms in total. The summed E-state index contributed by atoms with van der Waals surface area (Å²) in [5.41, 5.74) is 2.26. The molecule has 0 radical (unpaired) electrons. The molecule has 4 heteroatoms. The second-order valence-corrected chi connectivity index (χ2v) is 4.34. The van der Waals surface area contributed by atoms with Crippen LogP contribution in [0.5, 0.6) is 0 Å². The van der Waals surface area contributed by atoms with E-state index in [2.05, 4.69) is 21.0 Å². The molecule has 2 aromatic rings. The lowest BCUT2D eigenvalue weighted by atomic mass is 10.1. The first-order chi connectivity index (χ1) is 7.65. The van der Waals surface area contributed by atoms with E-state index in [1.807, 2.05) is 19.9 Å². The Hall–Kier alpha value is -1.16. The number of nitrogens with zero attached hydrogens (tertiary/aromatic N) is 2. The van der Waals surface area contributed by atoms with Crippen molar-refractivity contribution in [2.75, 3.05) is 0 Å². The van der Waals surface area contributed by atoms with Gasteiger partial charge in [0.1, 0.15) is 5.82 Å². The van der Waals surface area contributed by atoms with E-state index in [1.54, 1.807) is 16.8 Å². The predicted molar refractivity (Wildman–Crippen MR) is 65.7 cm³/mol. The van der Waals surface area contributed by atoms with Gasteiger partial charge in [-0.1, -0.05) is 12.1 Å². The molecule has 1 aromatic heterocycles. The summed E-state index contributed by atoms with van der Waals surface area (Å²) in [6.45, 7) is 4.61. The summed E-state index contributed by atoms with van der Waals surface area (Å²) < 4.78 is 16.4. The van der Waals surface area contributed by atoms with Crippen LogP contribution < -0.4 is 0 Å². The van der Waals surface area contributed by atoms with Crippen LogP contribution in [0.25, 0.3) is 11.3 Å². The first-order valence-corrected chi connectivity index (χ1v) is 5.92. The van der Waals surface area contributed by atoms with Crippen LogP contribution in [0.15, 0.2) is 28.7 Å². The molecular weight excluding hydrogens is 271 g/mol.